The van der Waals surface area contributed by atoms with Crippen LogP contribution in [0.2, 0.25) is 0 Å². The lowest BCUT2D eigenvalue weighted by Gasteiger charge is -2.27. The minimum absolute atomic E-state index is 0.0804. The molecule has 0 saturated carbocycles. The number of carbonyl (C=O) groups is 3. The molecule has 4 N–H and O–H groups in total. The van der Waals surface area contributed by atoms with Gasteiger partial charge in [-0.2, -0.15) is 0 Å². The summed E-state index contributed by atoms with van der Waals surface area (Å²) in [6, 6.07) is -1.19. The zero-order chi connectivity index (χ0) is 29.5. The van der Waals surface area contributed by atoms with E-state index in [0.29, 0.717) is 30.7 Å². The summed E-state index contributed by atoms with van der Waals surface area (Å²) in [5, 5.41) is 14.5. The molecule has 2 heterocycles. The summed E-state index contributed by atoms with van der Waals surface area (Å²) in [4.78, 5) is 44.2. The lowest BCUT2D eigenvalue weighted by atomic mass is 10.0. The van der Waals surface area contributed by atoms with E-state index in [2.05, 4.69) is 45.5 Å². The minimum atomic E-state index is -0.655. The van der Waals surface area contributed by atoms with Crippen LogP contribution in [0.3, 0.4) is 0 Å². The summed E-state index contributed by atoms with van der Waals surface area (Å²) in [6.45, 7) is 16.6. The van der Waals surface area contributed by atoms with E-state index in [-0.39, 0.29) is 36.5 Å². The summed E-state index contributed by atoms with van der Waals surface area (Å²) in [6.07, 6.45) is 2.51. The third kappa shape index (κ3) is 13.0. The van der Waals surface area contributed by atoms with Crippen molar-refractivity contribution in [3.8, 4) is 0 Å². The molecule has 1 aromatic rings. The van der Waals surface area contributed by atoms with Gasteiger partial charge in [-0.3, -0.25) is 9.78 Å². The van der Waals surface area contributed by atoms with Gasteiger partial charge in [0.2, 0.25) is 5.91 Å². The molecule has 0 fully saturated rings. The Morgan fingerprint density at radius 1 is 1.05 bits per heavy atom. The van der Waals surface area contributed by atoms with Crippen LogP contribution in [-0.4, -0.2) is 65.0 Å². The Kier molecular flexibility index (Phi) is 15.9. The van der Waals surface area contributed by atoms with Crippen LogP contribution in [0.5, 0.6) is 0 Å². The first-order chi connectivity index (χ1) is 18.5. The summed E-state index contributed by atoms with van der Waals surface area (Å²) in [5.74, 6) is 0.182. The molecule has 4 atom stereocenters. The molecule has 0 radical (unpaired) electrons. The van der Waals surface area contributed by atoms with Gasteiger partial charge in [-0.15, -0.1) is 23.1 Å². The highest BCUT2D eigenvalue weighted by atomic mass is 32.2. The number of carbonyl (C=O) groups excluding carboxylic acids is 3. The molecule has 4 unspecified atom stereocenters. The van der Waals surface area contributed by atoms with Crippen LogP contribution < -0.4 is 21.3 Å². The van der Waals surface area contributed by atoms with Crippen molar-refractivity contribution in [2.45, 2.75) is 98.3 Å². The van der Waals surface area contributed by atoms with Gasteiger partial charge in [-0.25, -0.2) is 9.59 Å². The van der Waals surface area contributed by atoms with Gasteiger partial charge < -0.3 is 30.9 Å². The van der Waals surface area contributed by atoms with Crippen LogP contribution in [0.1, 0.15) is 73.1 Å². The van der Waals surface area contributed by atoms with Crippen LogP contribution in [0.25, 0.3) is 0 Å². The number of nitrogens with one attached hydrogen (secondary N) is 4. The monoisotopic (exact) mass is 584 g/mol. The van der Waals surface area contributed by atoms with E-state index in [0.717, 1.165) is 10.6 Å². The normalized spacial score (nSPS) is 16.7. The number of ether oxygens (including phenoxy) is 1. The second-order valence-corrected chi connectivity index (χ2v) is 12.2. The molecular weight excluding hydrogens is 536 g/mol. The summed E-state index contributed by atoms with van der Waals surface area (Å²) < 4.78 is 5.20. The van der Waals surface area contributed by atoms with Crippen LogP contribution >= 0.6 is 23.1 Å². The maximum Gasteiger partial charge on any atom is 0.407 e. The number of hydrogen-bond acceptors (Lipinski definition) is 8. The number of alkyl carbamates (subject to hydrolysis) is 1. The van der Waals surface area contributed by atoms with E-state index in [4.69, 9.17) is 4.74 Å². The molecule has 1 aromatic heterocycles. The first kappa shape index (κ1) is 34.6. The SMILES string of the molecule is CC.CC(CCC(C)NC(=O)C(NC(=O)N(C)CC1=CSC(C(C)C)N1)C(C)C)NC(=O)OCc1cncs1. The average Bonchev–Trinajstić information content (AvgIpc) is 3.58. The van der Waals surface area contributed by atoms with Gasteiger partial charge in [0.05, 0.1) is 22.3 Å². The van der Waals surface area contributed by atoms with Gasteiger partial charge in [0.15, 0.2) is 0 Å². The van der Waals surface area contributed by atoms with E-state index in [1.807, 2.05) is 41.5 Å². The highest BCUT2D eigenvalue weighted by Gasteiger charge is 2.28. The van der Waals surface area contributed by atoms with Crippen molar-refractivity contribution in [3.63, 3.8) is 0 Å². The Bertz CT molecular complexity index is 910. The second kappa shape index (κ2) is 18.0. The molecule has 1 aliphatic rings. The molecule has 39 heavy (non-hydrogen) atoms. The van der Waals surface area contributed by atoms with Crippen LogP contribution in [-0.2, 0) is 16.1 Å². The van der Waals surface area contributed by atoms with E-state index in [9.17, 15) is 14.4 Å². The Labute approximate surface area is 242 Å². The first-order valence-electron chi connectivity index (χ1n) is 13.7. The van der Waals surface area contributed by atoms with E-state index in [1.54, 1.807) is 35.4 Å². The number of thioether (sulfide) groups is 1. The number of rotatable bonds is 13. The van der Waals surface area contributed by atoms with Crippen molar-refractivity contribution < 1.29 is 19.1 Å². The molecule has 1 aliphatic heterocycles. The summed E-state index contributed by atoms with van der Waals surface area (Å²) >= 11 is 3.16. The minimum Gasteiger partial charge on any atom is -0.444 e. The van der Waals surface area contributed by atoms with Crippen molar-refractivity contribution in [2.75, 3.05) is 13.6 Å². The summed E-state index contributed by atoms with van der Waals surface area (Å²) in [7, 11) is 1.72. The highest BCUT2D eigenvalue weighted by Crippen LogP contribution is 2.26. The molecule has 4 amide bonds. The van der Waals surface area contributed by atoms with E-state index in [1.165, 1.54) is 11.3 Å². The molecule has 0 spiro atoms. The number of likely N-dealkylation sites (N-methyl/N-ethyl adjacent to an activating group) is 1. The topological polar surface area (TPSA) is 125 Å². The van der Waals surface area contributed by atoms with Crippen molar-refractivity contribution >= 4 is 41.1 Å². The lowest BCUT2D eigenvalue weighted by Crippen LogP contribution is -2.54. The second-order valence-electron chi connectivity index (χ2n) is 10.2. The van der Waals surface area contributed by atoms with Gasteiger partial charge in [-0.1, -0.05) is 41.5 Å². The average molecular weight is 585 g/mol. The van der Waals surface area contributed by atoms with Crippen molar-refractivity contribution in [1.82, 2.24) is 31.2 Å². The van der Waals surface area contributed by atoms with Crippen molar-refractivity contribution in [3.05, 3.63) is 27.7 Å². The third-order valence-electron chi connectivity index (χ3n) is 5.89. The quantitative estimate of drug-likeness (QED) is 0.260. The Morgan fingerprint density at radius 2 is 1.69 bits per heavy atom. The molecule has 12 heteroatoms. The van der Waals surface area contributed by atoms with Crippen LogP contribution in [0.4, 0.5) is 9.59 Å². The molecule has 0 aliphatic carbocycles. The Balaban J connectivity index is 0.00000371. The first-order valence-corrected chi connectivity index (χ1v) is 15.5. The van der Waals surface area contributed by atoms with Crippen molar-refractivity contribution in [1.29, 1.82) is 0 Å². The number of amides is 4. The molecule has 0 bridgehead atoms. The van der Waals surface area contributed by atoms with Crippen LogP contribution in [0.15, 0.2) is 22.8 Å². The molecular formula is C27H48N6O4S2. The summed E-state index contributed by atoms with van der Waals surface area (Å²) in [5.41, 5.74) is 2.69. The molecule has 0 aromatic carbocycles. The van der Waals surface area contributed by atoms with Crippen LogP contribution in [0, 0.1) is 11.8 Å². The maximum absolute atomic E-state index is 13.0. The highest BCUT2D eigenvalue weighted by molar-refractivity contribution is 8.03. The molecule has 10 nitrogen and oxygen atoms in total. The number of aromatic nitrogens is 1. The zero-order valence-electron chi connectivity index (χ0n) is 24.9. The molecule has 222 valence electrons. The van der Waals surface area contributed by atoms with Gasteiger partial charge in [0, 0.05) is 31.0 Å². The Hall–Kier alpha value is -2.47. The number of hydrogen-bond donors (Lipinski definition) is 4. The van der Waals surface area contributed by atoms with Gasteiger partial charge in [0.25, 0.3) is 0 Å². The maximum atomic E-state index is 13.0. The zero-order valence-corrected chi connectivity index (χ0v) is 26.5. The van der Waals surface area contributed by atoms with Gasteiger partial charge in [-0.05, 0) is 43.9 Å². The van der Waals surface area contributed by atoms with E-state index < -0.39 is 12.1 Å². The number of nitrogens with zero attached hydrogens (tertiary/aromatic N) is 2. The lowest BCUT2D eigenvalue weighted by molar-refractivity contribution is -0.124. The van der Waals surface area contributed by atoms with Crippen molar-refractivity contribution in [2.24, 2.45) is 11.8 Å². The largest absolute Gasteiger partial charge is 0.444 e. The fourth-order valence-electron chi connectivity index (χ4n) is 3.59. The standard InChI is InChI=1S/C25H42N6O4S2.C2H6/c1-15(2)21(30-24(33)31(7)11-19-13-36-23(29-19)16(3)4)22(32)27-17(5)8-9-18(6)28-25(34)35-12-20-10-26-14-37-20;1-2/h10,13-18,21,23,29H,8-9,11-12H2,1-7H3,(H,27,32)(H,28,34)(H,30,33);1-2H3. The predicted molar refractivity (Wildman–Crippen MR) is 160 cm³/mol. The number of urea groups is 1. The fourth-order valence-corrected chi connectivity index (χ4v) is 5.08. The fraction of sp³-hybridized carbons (Fsp3) is 0.704. The predicted octanol–water partition coefficient (Wildman–Crippen LogP) is 4.89. The van der Waals surface area contributed by atoms with E-state index >= 15 is 0 Å². The number of thiazole rings is 1. The third-order valence-corrected chi connectivity index (χ3v) is 8.02. The Morgan fingerprint density at radius 3 is 2.23 bits per heavy atom. The molecule has 0 saturated heterocycles. The van der Waals surface area contributed by atoms with Gasteiger partial charge in [0.1, 0.15) is 12.6 Å². The smallest absolute Gasteiger partial charge is 0.407 e. The molecule has 2 rings (SSSR count). The van der Waals surface area contributed by atoms with Gasteiger partial charge >= 0.3 is 12.1 Å².